The molecule has 0 atom stereocenters. The Hall–Kier alpha value is -6.60. The number of fused-ring (bicyclic) bond motifs is 9. The zero-order chi connectivity index (χ0) is 37.5. The van der Waals surface area contributed by atoms with E-state index in [1.54, 1.807) is 0 Å². The molecule has 12 rings (SSSR count). The molecule has 0 unspecified atom stereocenters. The Kier molecular flexibility index (Phi) is 7.28. The fourth-order valence-corrected chi connectivity index (χ4v) is 21.6. The Morgan fingerprint density at radius 2 is 1.05 bits per heavy atom. The average molecular weight is 805 g/mol. The van der Waals surface area contributed by atoms with Crippen molar-refractivity contribution in [1.29, 1.82) is 0 Å². The number of nitrogens with zero attached hydrogens (tertiary/aromatic N) is 3. The van der Waals surface area contributed by atoms with Crippen molar-refractivity contribution in [3.63, 3.8) is 0 Å². The first-order valence-electron chi connectivity index (χ1n) is 19.4. The second-order valence-electron chi connectivity index (χ2n) is 14.9. The van der Waals surface area contributed by atoms with Crippen molar-refractivity contribution in [2.75, 3.05) is 0 Å². The van der Waals surface area contributed by atoms with Gasteiger partial charge in [0.25, 0.3) is 0 Å². The zero-order valence-corrected chi connectivity index (χ0v) is 33.7. The van der Waals surface area contributed by atoms with Crippen LogP contribution >= 0.6 is 11.3 Å². The normalized spacial score (nSPS) is 13.1. The Bertz CT molecular complexity index is 3310. The van der Waals surface area contributed by atoms with Gasteiger partial charge in [-0.05, 0) is 0 Å². The molecule has 0 spiro atoms. The first kappa shape index (κ1) is 32.6. The summed E-state index contributed by atoms with van der Waals surface area (Å²) >= 11 is -1.85. The summed E-state index contributed by atoms with van der Waals surface area (Å²) < 4.78 is 10.5. The number of thiophene rings is 1. The topological polar surface area (TPSA) is 30.7 Å². The summed E-state index contributed by atoms with van der Waals surface area (Å²) in [6, 6.07) is 73.4. The fourth-order valence-electron chi connectivity index (χ4n) is 9.49. The fraction of sp³-hybridized carbons (Fsp3) is 0. The number of para-hydroxylation sites is 1. The molecule has 0 N–H and O–H groups in total. The van der Waals surface area contributed by atoms with Crippen LogP contribution in [0.4, 0.5) is 0 Å². The van der Waals surface area contributed by atoms with E-state index in [9.17, 15) is 0 Å². The quantitative estimate of drug-likeness (QED) is 0.162. The van der Waals surface area contributed by atoms with Gasteiger partial charge < -0.3 is 0 Å². The van der Waals surface area contributed by atoms with E-state index in [-0.39, 0.29) is 0 Å². The van der Waals surface area contributed by atoms with Gasteiger partial charge in [-0.25, -0.2) is 0 Å². The van der Waals surface area contributed by atoms with Crippen molar-refractivity contribution >= 4 is 84.2 Å². The molecule has 0 radical (unpaired) electrons. The van der Waals surface area contributed by atoms with Crippen LogP contribution in [0.2, 0.25) is 0 Å². The minimum atomic E-state index is -3.72. The van der Waals surface area contributed by atoms with E-state index in [2.05, 4.69) is 205 Å². The summed E-state index contributed by atoms with van der Waals surface area (Å²) in [6.45, 7) is 0. The van der Waals surface area contributed by atoms with E-state index in [0.29, 0.717) is 0 Å². The SMILES string of the molecule is c1ccc(-c2nc(-c3cccc(-n4c5ccccc5c5cc6sc7ccccc7c6cc54)c3)[c]3c(n2)-c2cccc[c]2[Ge]3([c]2ccccc2)[c]2ccccc2)cc1. The molecular weight excluding hydrogens is 771 g/mol. The molecule has 57 heavy (non-hydrogen) atoms. The predicted octanol–water partition coefficient (Wildman–Crippen LogP) is 10.6. The van der Waals surface area contributed by atoms with Gasteiger partial charge in [-0.2, -0.15) is 0 Å². The molecule has 3 aromatic heterocycles. The molecule has 0 amide bonds. The number of aromatic nitrogens is 3. The van der Waals surface area contributed by atoms with Gasteiger partial charge in [-0.3, -0.25) is 0 Å². The summed E-state index contributed by atoms with van der Waals surface area (Å²) in [5, 5.41) is 5.12. The second-order valence-corrected chi connectivity index (χ2v) is 23.7. The molecule has 266 valence electrons. The predicted molar refractivity (Wildman–Crippen MR) is 243 cm³/mol. The maximum absolute atomic E-state index is 5.66. The van der Waals surface area contributed by atoms with Crippen LogP contribution < -0.4 is 17.6 Å². The molecule has 1 aliphatic heterocycles. The summed E-state index contributed by atoms with van der Waals surface area (Å²) in [5.41, 5.74) is 8.88. The summed E-state index contributed by atoms with van der Waals surface area (Å²) in [5.74, 6) is 0.743. The number of hydrogen-bond donors (Lipinski definition) is 0. The molecule has 5 heteroatoms. The minimum absolute atomic E-state index is 0.743. The first-order chi connectivity index (χ1) is 28.3. The van der Waals surface area contributed by atoms with E-state index >= 15 is 0 Å². The van der Waals surface area contributed by atoms with Gasteiger partial charge in [0, 0.05) is 0 Å². The molecular formula is C52H33GeN3S. The molecule has 1 aliphatic rings. The van der Waals surface area contributed by atoms with Crippen LogP contribution in [0.15, 0.2) is 200 Å². The Balaban J connectivity index is 1.18. The van der Waals surface area contributed by atoms with Crippen LogP contribution in [0.1, 0.15) is 0 Å². The number of hydrogen-bond acceptors (Lipinski definition) is 3. The van der Waals surface area contributed by atoms with Crippen molar-refractivity contribution in [3.8, 4) is 39.6 Å². The van der Waals surface area contributed by atoms with Gasteiger partial charge in [0.2, 0.25) is 0 Å². The van der Waals surface area contributed by atoms with Crippen molar-refractivity contribution < 1.29 is 0 Å². The average Bonchev–Trinajstić information content (AvgIpc) is 3.92. The van der Waals surface area contributed by atoms with Gasteiger partial charge >= 0.3 is 332 Å². The standard InChI is InChI=1S/C52H33GeN3S/c1-4-17-34(18-5-1)52-54-50(49-51(55-52)41-27-10-13-28-44(41)53(49,36-20-6-2-7-21-36)37-22-8-3-9-23-37)35-19-16-24-38(31-35)56-45-29-14-11-25-39(45)42-33-48-43(32-46(42)56)40-26-12-15-30-47(40)57-48/h1-33H. The molecule has 8 aromatic carbocycles. The van der Waals surface area contributed by atoms with E-state index < -0.39 is 13.3 Å². The number of rotatable bonds is 5. The third-order valence-electron chi connectivity index (χ3n) is 11.9. The second kappa shape index (κ2) is 12.7. The van der Waals surface area contributed by atoms with Gasteiger partial charge in [-0.15, -0.1) is 0 Å². The molecule has 0 aliphatic carbocycles. The summed E-state index contributed by atoms with van der Waals surface area (Å²) in [7, 11) is 0. The van der Waals surface area contributed by atoms with Crippen LogP contribution in [0, 0.1) is 0 Å². The monoisotopic (exact) mass is 805 g/mol. The summed E-state index contributed by atoms with van der Waals surface area (Å²) in [4.78, 5) is 11.2. The van der Waals surface area contributed by atoms with Gasteiger partial charge in [0.1, 0.15) is 0 Å². The molecule has 0 fully saturated rings. The van der Waals surface area contributed by atoms with E-state index in [0.717, 1.165) is 34.0 Å². The Labute approximate surface area is 336 Å². The van der Waals surface area contributed by atoms with Crippen molar-refractivity contribution in [1.82, 2.24) is 14.5 Å². The van der Waals surface area contributed by atoms with Crippen LogP contribution in [0.3, 0.4) is 0 Å². The zero-order valence-electron chi connectivity index (χ0n) is 30.8. The molecule has 4 heterocycles. The maximum atomic E-state index is 5.66. The number of benzene rings is 8. The van der Waals surface area contributed by atoms with E-state index in [1.165, 1.54) is 65.1 Å². The molecule has 3 nitrogen and oxygen atoms in total. The summed E-state index contributed by atoms with van der Waals surface area (Å²) in [6.07, 6.45) is 0. The van der Waals surface area contributed by atoms with Crippen molar-refractivity contribution in [3.05, 3.63) is 200 Å². The molecule has 0 saturated heterocycles. The first-order valence-corrected chi connectivity index (χ1v) is 24.4. The van der Waals surface area contributed by atoms with Crippen LogP contribution in [-0.4, -0.2) is 27.8 Å². The third-order valence-corrected chi connectivity index (χ3v) is 23.2. The van der Waals surface area contributed by atoms with Gasteiger partial charge in [0.05, 0.1) is 0 Å². The third kappa shape index (κ3) is 4.78. The molecule has 0 saturated carbocycles. The van der Waals surface area contributed by atoms with Crippen molar-refractivity contribution in [2.45, 2.75) is 0 Å². The Morgan fingerprint density at radius 3 is 1.84 bits per heavy atom. The molecule has 11 aromatic rings. The van der Waals surface area contributed by atoms with Crippen molar-refractivity contribution in [2.24, 2.45) is 0 Å². The molecule has 0 bridgehead atoms. The van der Waals surface area contributed by atoms with E-state index in [4.69, 9.17) is 9.97 Å². The van der Waals surface area contributed by atoms with Gasteiger partial charge in [0.15, 0.2) is 0 Å². The van der Waals surface area contributed by atoms with Crippen LogP contribution in [-0.2, 0) is 0 Å². The van der Waals surface area contributed by atoms with Crippen LogP contribution in [0.5, 0.6) is 0 Å². The Morgan fingerprint density at radius 1 is 0.421 bits per heavy atom. The van der Waals surface area contributed by atoms with E-state index in [1.807, 2.05) is 11.3 Å². The van der Waals surface area contributed by atoms with Gasteiger partial charge in [-0.1, -0.05) is 6.07 Å². The van der Waals surface area contributed by atoms with Crippen LogP contribution in [0.25, 0.3) is 81.6 Å².